The zero-order chi connectivity index (χ0) is 45.4. The molecule has 9 aromatic rings. The first-order chi connectivity index (χ1) is 31.9. The van der Waals surface area contributed by atoms with E-state index in [4.69, 9.17) is 14.5 Å². The summed E-state index contributed by atoms with van der Waals surface area (Å²) in [5.74, 6) is 2.38. The van der Waals surface area contributed by atoms with Crippen LogP contribution in [0.15, 0.2) is 194 Å². The van der Waals surface area contributed by atoms with Crippen LogP contribution in [0.3, 0.4) is 0 Å². The Kier molecular flexibility index (Phi) is 12.5. The summed E-state index contributed by atoms with van der Waals surface area (Å²) in [5.41, 5.74) is 14.1. The van der Waals surface area contributed by atoms with E-state index in [1.54, 1.807) is 0 Å². The van der Waals surface area contributed by atoms with E-state index in [1.165, 1.54) is 11.1 Å². The zero-order valence-electron chi connectivity index (χ0n) is 38.4. The quantitative estimate of drug-likeness (QED) is 0.106. The standard InChI is InChI=1S/C61H50N3O2.Au/c1-60(2,3)46-34-43(35-47(40-46)61(4,5)6)44-38-54(62-55(39-44)45-36-52(65-50-22-12-8-13-23-50)41-53(37-45)66-51-24-14-9-15-25-51)42-30-32-49(33-31-42)64-58-28-18-16-26-56(58)63(48-20-10-7-11-21-48)57-27-17-19-29-59(57)64;/h7-24,26-30,32-36,38-41H,1-6H3;/q-3;+3. The smallest absolute Gasteiger partial charge is 0.503 e. The van der Waals surface area contributed by atoms with E-state index in [1.807, 2.05) is 66.7 Å². The van der Waals surface area contributed by atoms with Crippen LogP contribution in [0.1, 0.15) is 52.7 Å². The van der Waals surface area contributed by atoms with Gasteiger partial charge in [-0.05, 0) is 98.7 Å². The van der Waals surface area contributed by atoms with E-state index >= 15 is 0 Å². The number of fused-ring (bicyclic) bond motifs is 2. The molecule has 0 N–H and O–H groups in total. The van der Waals surface area contributed by atoms with Gasteiger partial charge in [0.2, 0.25) is 0 Å². The molecule has 1 aliphatic heterocycles. The van der Waals surface area contributed by atoms with E-state index < -0.39 is 0 Å². The van der Waals surface area contributed by atoms with Gasteiger partial charge < -0.3 is 24.3 Å². The fourth-order valence-corrected chi connectivity index (χ4v) is 8.38. The van der Waals surface area contributed by atoms with Crippen molar-refractivity contribution in [2.45, 2.75) is 52.4 Å². The number of nitrogens with zero attached hydrogens (tertiary/aromatic N) is 3. The summed E-state index contributed by atoms with van der Waals surface area (Å²) in [6.45, 7) is 13.6. The van der Waals surface area contributed by atoms with Gasteiger partial charge in [-0.2, -0.15) is 18.2 Å². The van der Waals surface area contributed by atoms with Gasteiger partial charge in [-0.15, -0.1) is 53.6 Å². The third kappa shape index (κ3) is 9.59. The molecule has 332 valence electrons. The van der Waals surface area contributed by atoms with Crippen LogP contribution >= 0.6 is 0 Å². The molecule has 5 nitrogen and oxygen atoms in total. The number of hydrogen-bond donors (Lipinski definition) is 0. The molecule has 0 saturated carbocycles. The first kappa shape index (κ1) is 45.0. The molecule has 0 unspecified atom stereocenters. The van der Waals surface area contributed by atoms with E-state index in [0.29, 0.717) is 23.0 Å². The number of anilines is 6. The van der Waals surface area contributed by atoms with Gasteiger partial charge in [-0.25, -0.2) is 0 Å². The number of ether oxygens (including phenoxy) is 2. The van der Waals surface area contributed by atoms with Gasteiger partial charge in [0.25, 0.3) is 0 Å². The third-order valence-corrected chi connectivity index (χ3v) is 11.9. The molecule has 67 heavy (non-hydrogen) atoms. The summed E-state index contributed by atoms with van der Waals surface area (Å²) >= 11 is 0. The van der Waals surface area contributed by atoms with E-state index in [0.717, 1.165) is 67.8 Å². The number of benzene rings is 8. The molecule has 10 rings (SSSR count). The molecular weight excluding hydrogens is 1000 g/mol. The Morgan fingerprint density at radius 3 is 1.52 bits per heavy atom. The zero-order valence-corrected chi connectivity index (χ0v) is 40.6. The third-order valence-electron chi connectivity index (χ3n) is 11.9. The second-order valence-electron chi connectivity index (χ2n) is 18.7. The summed E-state index contributed by atoms with van der Waals surface area (Å²) < 4.78 is 12.8. The van der Waals surface area contributed by atoms with E-state index in [2.05, 4.69) is 197 Å². The second kappa shape index (κ2) is 18.6. The Morgan fingerprint density at radius 2 is 0.970 bits per heavy atom. The fraction of sp³-hybridized carbons (Fsp3) is 0.131. The van der Waals surface area contributed by atoms with Crippen molar-refractivity contribution in [3.63, 3.8) is 0 Å². The molecule has 0 bridgehead atoms. The van der Waals surface area contributed by atoms with Gasteiger partial charge in [0.05, 0.1) is 28.5 Å². The minimum absolute atomic E-state index is 0. The van der Waals surface area contributed by atoms with Gasteiger partial charge in [-0.1, -0.05) is 145 Å². The minimum atomic E-state index is -0.0697. The summed E-state index contributed by atoms with van der Waals surface area (Å²) in [6.07, 6.45) is 0. The van der Waals surface area contributed by atoms with E-state index in [9.17, 15) is 0 Å². The summed E-state index contributed by atoms with van der Waals surface area (Å²) in [7, 11) is 0. The number of aromatic nitrogens is 1. The second-order valence-corrected chi connectivity index (χ2v) is 18.7. The van der Waals surface area contributed by atoms with Crippen LogP contribution in [0.2, 0.25) is 0 Å². The van der Waals surface area contributed by atoms with Crippen molar-refractivity contribution < 1.29 is 31.9 Å². The number of rotatable bonds is 9. The normalized spacial score (nSPS) is 12.1. The van der Waals surface area contributed by atoms with Crippen molar-refractivity contribution in [1.29, 1.82) is 0 Å². The van der Waals surface area contributed by atoms with Crippen LogP contribution in [0.4, 0.5) is 34.1 Å². The predicted molar refractivity (Wildman–Crippen MR) is 270 cm³/mol. The average Bonchev–Trinajstić information content (AvgIpc) is 3.33. The number of hydrogen-bond acceptors (Lipinski definition) is 5. The molecule has 2 heterocycles. The minimum Gasteiger partial charge on any atom is -0.503 e. The monoisotopic (exact) mass is 1050 g/mol. The molecule has 0 radical (unpaired) electrons. The maximum Gasteiger partial charge on any atom is 3.00 e. The molecule has 0 spiro atoms. The molecule has 0 atom stereocenters. The fourth-order valence-electron chi connectivity index (χ4n) is 8.38. The maximum atomic E-state index is 6.46. The van der Waals surface area contributed by atoms with Crippen molar-refractivity contribution in [3.8, 4) is 56.6 Å². The van der Waals surface area contributed by atoms with Crippen molar-refractivity contribution in [1.82, 2.24) is 4.98 Å². The van der Waals surface area contributed by atoms with Crippen molar-refractivity contribution in [2.24, 2.45) is 0 Å². The van der Waals surface area contributed by atoms with Crippen LogP contribution in [-0.2, 0) is 33.2 Å². The number of para-hydroxylation sites is 7. The Hall–Kier alpha value is -7.15. The molecule has 0 amide bonds. The molecule has 0 saturated heterocycles. The van der Waals surface area contributed by atoms with E-state index in [-0.39, 0.29) is 33.2 Å². The molecule has 0 aliphatic carbocycles. The molecule has 6 heteroatoms. The Bertz CT molecular complexity index is 3020. The van der Waals surface area contributed by atoms with Crippen molar-refractivity contribution in [2.75, 3.05) is 9.80 Å². The molecular formula is C61H50AuN3O2. The molecule has 1 aromatic heterocycles. The van der Waals surface area contributed by atoms with Gasteiger partial charge in [0.1, 0.15) is 5.75 Å². The number of pyridine rings is 1. The SMILES string of the molecule is CC(C)(C)c1cc(-c2cc(-c3[c-]cc(N4c5ccccc5N(c5ccccc5)c5ccccc54)cc3)nc(-c3[c-]c(Oc4[c-]cccc4)cc(Oc4ccccc4)c3)c2)cc(C(C)(C)C)c1.[Au+3]. The van der Waals surface area contributed by atoms with Gasteiger partial charge >= 0.3 is 22.4 Å². The Balaban J connectivity index is 0.00000562. The maximum absolute atomic E-state index is 6.46. The van der Waals surface area contributed by atoms with Gasteiger partial charge in [0.15, 0.2) is 0 Å². The van der Waals surface area contributed by atoms with Gasteiger partial charge in [-0.3, -0.25) is 0 Å². The van der Waals surface area contributed by atoms with Crippen molar-refractivity contribution in [3.05, 3.63) is 223 Å². The van der Waals surface area contributed by atoms with Gasteiger partial charge in [0, 0.05) is 17.2 Å². The first-order valence-electron chi connectivity index (χ1n) is 22.4. The first-order valence-corrected chi connectivity index (χ1v) is 22.4. The van der Waals surface area contributed by atoms with Crippen LogP contribution in [0.25, 0.3) is 33.6 Å². The molecule has 8 aromatic carbocycles. The van der Waals surface area contributed by atoms with Crippen LogP contribution in [0.5, 0.6) is 23.0 Å². The van der Waals surface area contributed by atoms with Crippen LogP contribution in [0, 0.1) is 18.2 Å². The van der Waals surface area contributed by atoms with Crippen LogP contribution < -0.4 is 19.3 Å². The predicted octanol–water partition coefficient (Wildman–Crippen LogP) is 16.9. The molecule has 0 fully saturated rings. The van der Waals surface area contributed by atoms with Crippen LogP contribution in [-0.4, -0.2) is 4.98 Å². The van der Waals surface area contributed by atoms with Crippen molar-refractivity contribution >= 4 is 34.1 Å². The Labute approximate surface area is 410 Å². The Morgan fingerprint density at radius 1 is 0.433 bits per heavy atom. The summed E-state index contributed by atoms with van der Waals surface area (Å²) in [4.78, 5) is 10.1. The summed E-state index contributed by atoms with van der Waals surface area (Å²) in [6, 6.07) is 77.0. The average molecular weight is 1050 g/mol. The topological polar surface area (TPSA) is 37.8 Å². The summed E-state index contributed by atoms with van der Waals surface area (Å²) in [5, 5.41) is 0. The molecule has 1 aliphatic rings. The largest absolute Gasteiger partial charge is 3.00 e.